The number of furan rings is 1. The summed E-state index contributed by atoms with van der Waals surface area (Å²) in [6.07, 6.45) is 10.7. The first-order chi connectivity index (χ1) is 25.2. The SMILES string of the molecule is CN1CC=C(C2C=C(c3ccccc3)C=C(c3ccccc3)C2)C=C1c1ccc2c3c4oc5ccccc5c4ccc3n(-c3ccccc3)c2c1. The molecule has 10 rings (SSSR count). The molecule has 0 spiro atoms. The van der Waals surface area contributed by atoms with Crippen molar-refractivity contribution in [3.8, 4) is 5.69 Å². The molecule has 2 aromatic heterocycles. The molecule has 0 N–H and O–H groups in total. The zero-order chi connectivity index (χ0) is 33.9. The van der Waals surface area contributed by atoms with Gasteiger partial charge in [-0.1, -0.05) is 127 Å². The largest absolute Gasteiger partial charge is 0.455 e. The van der Waals surface area contributed by atoms with Crippen molar-refractivity contribution in [1.82, 2.24) is 9.47 Å². The van der Waals surface area contributed by atoms with E-state index < -0.39 is 0 Å². The molecule has 1 unspecified atom stereocenters. The van der Waals surface area contributed by atoms with E-state index in [9.17, 15) is 0 Å². The Balaban J connectivity index is 1.12. The molecular formula is C48H36N2O. The monoisotopic (exact) mass is 656 g/mol. The van der Waals surface area contributed by atoms with Crippen LogP contribution in [0.25, 0.3) is 66.3 Å². The molecule has 0 saturated carbocycles. The predicted molar refractivity (Wildman–Crippen MR) is 214 cm³/mol. The molecule has 0 amide bonds. The normalized spacial score (nSPS) is 16.4. The van der Waals surface area contributed by atoms with E-state index in [4.69, 9.17) is 4.42 Å². The van der Waals surface area contributed by atoms with E-state index in [1.807, 2.05) is 6.07 Å². The Morgan fingerprint density at radius 2 is 1.31 bits per heavy atom. The fourth-order valence-electron chi connectivity index (χ4n) is 8.21. The smallest absolute Gasteiger partial charge is 0.145 e. The van der Waals surface area contributed by atoms with Crippen molar-refractivity contribution in [3.63, 3.8) is 0 Å². The fraction of sp³-hybridized carbons (Fsp3) is 0.0833. The summed E-state index contributed by atoms with van der Waals surface area (Å²) in [4.78, 5) is 2.37. The average Bonchev–Trinajstić information content (AvgIpc) is 3.74. The number of aromatic nitrogens is 1. The Labute approximate surface area is 297 Å². The molecule has 6 aromatic carbocycles. The summed E-state index contributed by atoms with van der Waals surface area (Å²) in [6, 6.07) is 52.2. The summed E-state index contributed by atoms with van der Waals surface area (Å²) in [6.45, 7) is 0.857. The summed E-state index contributed by atoms with van der Waals surface area (Å²) < 4.78 is 9.00. The van der Waals surface area contributed by atoms with Crippen molar-refractivity contribution in [2.75, 3.05) is 13.6 Å². The summed E-state index contributed by atoms with van der Waals surface area (Å²) in [5, 5.41) is 4.65. The molecule has 1 atom stereocenters. The number of hydrogen-bond donors (Lipinski definition) is 0. The lowest BCUT2D eigenvalue weighted by atomic mass is 9.80. The van der Waals surface area contributed by atoms with Crippen LogP contribution >= 0.6 is 0 Å². The van der Waals surface area contributed by atoms with E-state index >= 15 is 0 Å². The molecule has 8 aromatic rings. The van der Waals surface area contributed by atoms with Crippen molar-refractivity contribution in [2.45, 2.75) is 6.42 Å². The first kappa shape index (κ1) is 29.6. The first-order valence-electron chi connectivity index (χ1n) is 17.8. The molecular weight excluding hydrogens is 621 g/mol. The van der Waals surface area contributed by atoms with Crippen LogP contribution < -0.4 is 0 Å². The molecule has 3 heterocycles. The Hall–Kier alpha value is -6.32. The van der Waals surface area contributed by atoms with Gasteiger partial charge in [0.15, 0.2) is 0 Å². The highest BCUT2D eigenvalue weighted by Crippen LogP contribution is 2.43. The Kier molecular flexibility index (Phi) is 6.92. The Morgan fingerprint density at radius 1 is 0.608 bits per heavy atom. The minimum Gasteiger partial charge on any atom is -0.455 e. The van der Waals surface area contributed by atoms with Crippen molar-refractivity contribution in [3.05, 3.63) is 192 Å². The van der Waals surface area contributed by atoms with Gasteiger partial charge >= 0.3 is 0 Å². The third kappa shape index (κ3) is 4.96. The fourth-order valence-corrected chi connectivity index (χ4v) is 8.21. The van der Waals surface area contributed by atoms with Crippen LogP contribution in [-0.4, -0.2) is 23.1 Å². The number of rotatable bonds is 5. The lowest BCUT2D eigenvalue weighted by Gasteiger charge is -2.30. The topological polar surface area (TPSA) is 21.3 Å². The van der Waals surface area contributed by atoms with Gasteiger partial charge in [-0.2, -0.15) is 0 Å². The van der Waals surface area contributed by atoms with Crippen LogP contribution in [0.2, 0.25) is 0 Å². The number of fused-ring (bicyclic) bond motifs is 7. The highest BCUT2D eigenvalue weighted by molar-refractivity contribution is 6.24. The van der Waals surface area contributed by atoms with Gasteiger partial charge in [-0.25, -0.2) is 0 Å². The third-order valence-corrected chi connectivity index (χ3v) is 10.7. The lowest BCUT2D eigenvalue weighted by molar-refractivity contribution is 0.524. The zero-order valence-corrected chi connectivity index (χ0v) is 28.5. The Morgan fingerprint density at radius 3 is 2.12 bits per heavy atom. The predicted octanol–water partition coefficient (Wildman–Crippen LogP) is 12.1. The molecule has 0 radical (unpaired) electrons. The number of likely N-dealkylation sites (N-methyl/N-ethyl adjacent to an activating group) is 1. The molecule has 1 aliphatic carbocycles. The van der Waals surface area contributed by atoms with Gasteiger partial charge in [-0.3, -0.25) is 0 Å². The third-order valence-electron chi connectivity index (χ3n) is 10.7. The van der Waals surface area contributed by atoms with Gasteiger partial charge in [0.1, 0.15) is 11.2 Å². The maximum absolute atomic E-state index is 6.60. The molecule has 51 heavy (non-hydrogen) atoms. The molecule has 3 heteroatoms. The minimum absolute atomic E-state index is 0.269. The van der Waals surface area contributed by atoms with Crippen molar-refractivity contribution in [2.24, 2.45) is 5.92 Å². The molecule has 3 nitrogen and oxygen atoms in total. The summed E-state index contributed by atoms with van der Waals surface area (Å²) in [5.41, 5.74) is 14.3. The van der Waals surface area contributed by atoms with Crippen LogP contribution in [0.5, 0.6) is 0 Å². The van der Waals surface area contributed by atoms with Crippen LogP contribution in [0.3, 0.4) is 0 Å². The summed E-state index contributed by atoms with van der Waals surface area (Å²) in [7, 11) is 2.20. The van der Waals surface area contributed by atoms with E-state index in [0.717, 1.165) is 51.5 Å². The second-order valence-corrected chi connectivity index (χ2v) is 13.8. The number of benzene rings is 6. The quantitative estimate of drug-likeness (QED) is 0.184. The average molecular weight is 657 g/mol. The van der Waals surface area contributed by atoms with Crippen LogP contribution in [0, 0.1) is 5.92 Å². The van der Waals surface area contributed by atoms with Crippen LogP contribution in [0.1, 0.15) is 23.1 Å². The van der Waals surface area contributed by atoms with Crippen LogP contribution in [-0.2, 0) is 0 Å². The van der Waals surface area contributed by atoms with E-state index in [-0.39, 0.29) is 5.92 Å². The van der Waals surface area contributed by atoms with Crippen molar-refractivity contribution >= 4 is 60.6 Å². The van der Waals surface area contributed by atoms with Crippen LogP contribution in [0.15, 0.2) is 180 Å². The van der Waals surface area contributed by atoms with E-state index in [2.05, 4.69) is 180 Å². The van der Waals surface area contributed by atoms with Gasteiger partial charge < -0.3 is 13.9 Å². The van der Waals surface area contributed by atoms with Gasteiger partial charge in [-0.05, 0) is 82.3 Å². The zero-order valence-electron chi connectivity index (χ0n) is 28.5. The second-order valence-electron chi connectivity index (χ2n) is 13.8. The van der Waals surface area contributed by atoms with Gasteiger partial charge in [0.05, 0.1) is 16.4 Å². The summed E-state index contributed by atoms with van der Waals surface area (Å²) in [5.74, 6) is 0.269. The highest BCUT2D eigenvalue weighted by atomic mass is 16.3. The second kappa shape index (κ2) is 11.9. The summed E-state index contributed by atoms with van der Waals surface area (Å²) >= 11 is 0. The maximum atomic E-state index is 6.60. The number of allylic oxidation sites excluding steroid dienone is 6. The molecule has 244 valence electrons. The molecule has 1 aliphatic heterocycles. The first-order valence-corrected chi connectivity index (χ1v) is 17.8. The number of para-hydroxylation sites is 2. The van der Waals surface area contributed by atoms with Crippen molar-refractivity contribution in [1.29, 1.82) is 0 Å². The van der Waals surface area contributed by atoms with Gasteiger partial charge in [0.2, 0.25) is 0 Å². The maximum Gasteiger partial charge on any atom is 0.145 e. The number of hydrogen-bond acceptors (Lipinski definition) is 2. The van der Waals surface area contributed by atoms with Crippen LogP contribution in [0.4, 0.5) is 0 Å². The standard InChI is InChI=1S/C48H36N2O/c1-49-26-25-34(38-28-36(32-13-5-2-6-14-32)27-37(29-38)33-15-7-3-8-16-33)30-44(49)35-21-22-42-45(31-35)50(39-17-9-4-10-18-39)43-24-23-41-40-19-11-12-20-46(40)51-48(41)47(42)43/h2-25,27-28,30-31,38H,26,29H2,1H3. The van der Waals surface area contributed by atoms with Gasteiger partial charge in [0, 0.05) is 47.1 Å². The molecule has 0 saturated heterocycles. The van der Waals surface area contributed by atoms with E-state index in [1.54, 1.807) is 0 Å². The lowest BCUT2D eigenvalue weighted by Crippen LogP contribution is -2.22. The van der Waals surface area contributed by atoms with Crippen molar-refractivity contribution < 1.29 is 4.42 Å². The number of nitrogens with zero attached hydrogens (tertiary/aromatic N) is 2. The van der Waals surface area contributed by atoms with E-state index in [1.165, 1.54) is 50.0 Å². The molecule has 0 fully saturated rings. The van der Waals surface area contributed by atoms with Gasteiger partial charge in [0.25, 0.3) is 0 Å². The van der Waals surface area contributed by atoms with E-state index in [0.29, 0.717) is 0 Å². The molecule has 0 bridgehead atoms. The Bertz CT molecular complexity index is 2740. The highest BCUT2D eigenvalue weighted by Gasteiger charge is 2.25. The molecule has 2 aliphatic rings. The minimum atomic E-state index is 0.269. The van der Waals surface area contributed by atoms with Gasteiger partial charge in [-0.15, -0.1) is 0 Å².